The van der Waals surface area contributed by atoms with Gasteiger partial charge in [-0.1, -0.05) is 11.2 Å². The molecule has 86 valence electrons. The monoisotopic (exact) mass is 231 g/mol. The maximum atomic E-state index is 11.5. The quantitative estimate of drug-likeness (QED) is 0.343. The molecule has 0 N–H and O–H groups in total. The average Bonchev–Trinajstić information content (AvgIpc) is 2.66. The number of ether oxygens (including phenoxy) is 1. The number of benzene rings is 1. The van der Waals surface area contributed by atoms with Crippen LogP contribution in [0.15, 0.2) is 23.3 Å². The van der Waals surface area contributed by atoms with Crippen molar-refractivity contribution in [3.8, 4) is 0 Å². The van der Waals surface area contributed by atoms with Crippen LogP contribution in [0, 0.1) is 0 Å². The van der Waals surface area contributed by atoms with Gasteiger partial charge < -0.3 is 4.74 Å². The number of nitrogens with zero attached hydrogens (tertiary/aromatic N) is 5. The fourth-order valence-corrected chi connectivity index (χ4v) is 1.61. The van der Waals surface area contributed by atoms with Crippen LogP contribution in [0.25, 0.3) is 21.3 Å². The molecule has 0 saturated carbocycles. The molecule has 0 aliphatic carbocycles. The van der Waals surface area contributed by atoms with E-state index in [-0.39, 0.29) is 5.69 Å². The van der Waals surface area contributed by atoms with Crippen LogP contribution in [0.4, 0.5) is 5.69 Å². The maximum absolute atomic E-state index is 11.5. The largest absolute Gasteiger partial charge is 0.464 e. The highest BCUT2D eigenvalue weighted by Crippen LogP contribution is 2.24. The Hall–Kier alpha value is -2.53. The van der Waals surface area contributed by atoms with E-state index in [1.165, 1.54) is 7.11 Å². The van der Waals surface area contributed by atoms with Crippen LogP contribution < -0.4 is 0 Å². The Morgan fingerprint density at radius 1 is 1.59 bits per heavy atom. The van der Waals surface area contributed by atoms with Crippen molar-refractivity contribution < 1.29 is 9.53 Å². The van der Waals surface area contributed by atoms with E-state index in [0.29, 0.717) is 11.1 Å². The van der Waals surface area contributed by atoms with Gasteiger partial charge >= 0.3 is 5.97 Å². The number of fused-ring (bicyclic) bond motifs is 1. The lowest BCUT2D eigenvalue weighted by Crippen LogP contribution is -2.03. The summed E-state index contributed by atoms with van der Waals surface area (Å²) in [6, 6.07) is 5.00. The summed E-state index contributed by atoms with van der Waals surface area (Å²) in [5.74, 6) is -0.520. The first-order valence-corrected chi connectivity index (χ1v) is 4.77. The number of carbonyl (C=O) groups excluding carboxylic acids is 1. The molecule has 0 aliphatic heterocycles. The SMILES string of the molecule is COC(=O)c1nn(C)c2ccc(N=[N+]=[N-])cc12. The van der Waals surface area contributed by atoms with E-state index in [2.05, 4.69) is 19.9 Å². The fraction of sp³-hybridized carbons (Fsp3) is 0.200. The molecule has 7 heteroatoms. The van der Waals surface area contributed by atoms with Crippen molar-refractivity contribution in [2.45, 2.75) is 0 Å². The van der Waals surface area contributed by atoms with Crippen molar-refractivity contribution in [2.75, 3.05) is 7.11 Å². The van der Waals surface area contributed by atoms with Gasteiger partial charge in [0.15, 0.2) is 5.69 Å². The van der Waals surface area contributed by atoms with Gasteiger partial charge in [0.25, 0.3) is 0 Å². The van der Waals surface area contributed by atoms with Crippen LogP contribution in [0.1, 0.15) is 10.5 Å². The van der Waals surface area contributed by atoms with Crippen LogP contribution in [0.3, 0.4) is 0 Å². The van der Waals surface area contributed by atoms with Crippen molar-refractivity contribution in [3.63, 3.8) is 0 Å². The topological polar surface area (TPSA) is 92.9 Å². The Morgan fingerprint density at radius 2 is 2.35 bits per heavy atom. The molecule has 0 aliphatic rings. The summed E-state index contributed by atoms with van der Waals surface area (Å²) in [5.41, 5.74) is 9.77. The molecule has 7 nitrogen and oxygen atoms in total. The number of aromatic nitrogens is 2. The summed E-state index contributed by atoms with van der Waals surface area (Å²) in [6.07, 6.45) is 0. The Balaban J connectivity index is 2.72. The predicted molar refractivity (Wildman–Crippen MR) is 60.9 cm³/mol. The highest BCUT2D eigenvalue weighted by molar-refractivity contribution is 6.02. The molecular weight excluding hydrogens is 222 g/mol. The Kier molecular flexibility index (Phi) is 2.68. The van der Waals surface area contributed by atoms with Crippen molar-refractivity contribution in [1.29, 1.82) is 0 Å². The summed E-state index contributed by atoms with van der Waals surface area (Å²) in [5, 5.41) is 8.15. The van der Waals surface area contributed by atoms with Crippen LogP contribution in [0.2, 0.25) is 0 Å². The van der Waals surface area contributed by atoms with Gasteiger partial charge in [0.1, 0.15) is 0 Å². The first-order valence-electron chi connectivity index (χ1n) is 4.77. The van der Waals surface area contributed by atoms with Gasteiger partial charge in [-0.3, -0.25) is 4.68 Å². The minimum Gasteiger partial charge on any atom is -0.464 e. The third kappa shape index (κ3) is 1.79. The molecule has 0 bridgehead atoms. The number of hydrogen-bond acceptors (Lipinski definition) is 4. The van der Waals surface area contributed by atoms with Crippen molar-refractivity contribution in [1.82, 2.24) is 9.78 Å². The van der Waals surface area contributed by atoms with Gasteiger partial charge in [-0.15, -0.1) is 0 Å². The van der Waals surface area contributed by atoms with Crippen LogP contribution in [-0.4, -0.2) is 22.9 Å². The number of hydrogen-bond donors (Lipinski definition) is 0. The van der Waals surface area contributed by atoms with Gasteiger partial charge in [-0.25, -0.2) is 4.79 Å². The fourth-order valence-electron chi connectivity index (χ4n) is 1.61. The lowest BCUT2D eigenvalue weighted by atomic mass is 10.2. The van der Waals surface area contributed by atoms with Crippen LogP contribution in [0.5, 0.6) is 0 Å². The molecule has 1 aromatic carbocycles. The van der Waals surface area contributed by atoms with Crippen molar-refractivity contribution in [3.05, 3.63) is 34.3 Å². The molecule has 0 saturated heterocycles. The third-order valence-corrected chi connectivity index (χ3v) is 2.37. The second-order valence-electron chi connectivity index (χ2n) is 3.35. The molecule has 0 amide bonds. The molecule has 0 atom stereocenters. The summed E-state index contributed by atoms with van der Waals surface area (Å²) in [6.45, 7) is 0. The van der Waals surface area contributed by atoms with Crippen LogP contribution in [-0.2, 0) is 11.8 Å². The van der Waals surface area contributed by atoms with Crippen molar-refractivity contribution in [2.24, 2.45) is 12.2 Å². The normalized spacial score (nSPS) is 10.0. The molecule has 2 aromatic rings. The number of methoxy groups -OCH3 is 1. The van der Waals surface area contributed by atoms with E-state index in [1.54, 1.807) is 29.9 Å². The van der Waals surface area contributed by atoms with E-state index in [9.17, 15) is 4.79 Å². The standard InChI is InChI=1S/C10H9N5O2/c1-15-8-4-3-6(12-14-11)5-7(8)9(13-15)10(16)17-2/h3-5H,1-2H3. The molecule has 0 unspecified atom stereocenters. The molecule has 0 fully saturated rings. The number of rotatable bonds is 2. The molecule has 17 heavy (non-hydrogen) atoms. The Labute approximate surface area is 96.2 Å². The number of carbonyl (C=O) groups is 1. The van der Waals surface area contributed by atoms with E-state index >= 15 is 0 Å². The summed E-state index contributed by atoms with van der Waals surface area (Å²) >= 11 is 0. The zero-order chi connectivity index (χ0) is 12.4. The summed E-state index contributed by atoms with van der Waals surface area (Å²) < 4.78 is 6.21. The highest BCUT2D eigenvalue weighted by atomic mass is 16.5. The molecule has 1 aromatic heterocycles. The zero-order valence-corrected chi connectivity index (χ0v) is 9.28. The molecule has 0 spiro atoms. The van der Waals surface area contributed by atoms with E-state index in [0.717, 1.165) is 5.52 Å². The van der Waals surface area contributed by atoms with Gasteiger partial charge in [0.2, 0.25) is 0 Å². The number of esters is 1. The van der Waals surface area contributed by atoms with E-state index < -0.39 is 5.97 Å². The predicted octanol–water partition coefficient (Wildman–Crippen LogP) is 2.30. The molecule has 2 rings (SSSR count). The number of azide groups is 1. The lowest BCUT2D eigenvalue weighted by Gasteiger charge is -1.96. The molecular formula is C10H9N5O2. The average molecular weight is 231 g/mol. The summed E-state index contributed by atoms with van der Waals surface area (Å²) in [7, 11) is 3.02. The van der Waals surface area contributed by atoms with Gasteiger partial charge in [-0.05, 0) is 17.7 Å². The molecule has 0 radical (unpaired) electrons. The second-order valence-corrected chi connectivity index (χ2v) is 3.35. The maximum Gasteiger partial charge on any atom is 0.359 e. The Morgan fingerprint density at radius 3 is 3.00 bits per heavy atom. The van der Waals surface area contributed by atoms with Crippen LogP contribution >= 0.6 is 0 Å². The first-order chi connectivity index (χ1) is 8.17. The minimum absolute atomic E-state index is 0.208. The highest BCUT2D eigenvalue weighted by Gasteiger charge is 2.16. The molecule has 1 heterocycles. The first kappa shape index (κ1) is 11.0. The van der Waals surface area contributed by atoms with Crippen molar-refractivity contribution >= 4 is 22.6 Å². The zero-order valence-electron chi connectivity index (χ0n) is 9.28. The van der Waals surface area contributed by atoms with Gasteiger partial charge in [-0.2, -0.15) is 5.10 Å². The smallest absolute Gasteiger partial charge is 0.359 e. The van der Waals surface area contributed by atoms with Gasteiger partial charge in [0.05, 0.1) is 12.6 Å². The second kappa shape index (κ2) is 4.15. The minimum atomic E-state index is -0.520. The summed E-state index contributed by atoms with van der Waals surface area (Å²) in [4.78, 5) is 14.2. The lowest BCUT2D eigenvalue weighted by molar-refractivity contribution is 0.0595. The van der Waals surface area contributed by atoms with E-state index in [4.69, 9.17) is 5.53 Å². The Bertz CT molecular complexity index is 639. The third-order valence-electron chi connectivity index (χ3n) is 2.37. The van der Waals surface area contributed by atoms with Gasteiger partial charge in [0, 0.05) is 23.0 Å². The van der Waals surface area contributed by atoms with E-state index in [1.807, 2.05) is 0 Å². The number of aryl methyl sites for hydroxylation is 1.